The van der Waals surface area contributed by atoms with Gasteiger partial charge in [-0.25, -0.2) is 13.8 Å². The second-order valence-electron chi connectivity index (χ2n) is 3.67. The average Bonchev–Trinajstić information content (AvgIpc) is 2.38. The Kier molecular flexibility index (Phi) is 3.70. The molecule has 6 heteroatoms. The molecule has 0 spiro atoms. The van der Waals surface area contributed by atoms with Crippen LogP contribution in [0.2, 0.25) is 0 Å². The summed E-state index contributed by atoms with van der Waals surface area (Å²) in [4.78, 5) is 15.8. The number of carbonyl (C=O) groups is 1. The predicted molar refractivity (Wildman–Crippen MR) is 65.1 cm³/mol. The zero-order valence-corrected chi connectivity index (χ0v) is 9.98. The van der Waals surface area contributed by atoms with Gasteiger partial charge in [-0.15, -0.1) is 0 Å². The van der Waals surface area contributed by atoms with Gasteiger partial charge in [0.1, 0.15) is 17.3 Å². The normalized spacial score (nSPS) is 10.1. The van der Waals surface area contributed by atoms with Gasteiger partial charge < -0.3 is 10.1 Å². The molecule has 0 saturated heterocycles. The van der Waals surface area contributed by atoms with Crippen molar-refractivity contribution in [2.75, 3.05) is 12.4 Å². The maximum Gasteiger partial charge on any atom is 0.256 e. The zero-order chi connectivity index (χ0) is 13.8. The fourth-order valence-corrected chi connectivity index (χ4v) is 1.53. The molecule has 2 aromatic rings. The number of hydrogen-bond donors (Lipinski definition) is 1. The van der Waals surface area contributed by atoms with E-state index in [1.807, 2.05) is 0 Å². The van der Waals surface area contributed by atoms with Crippen LogP contribution in [0, 0.1) is 11.6 Å². The molecule has 98 valence electrons. The van der Waals surface area contributed by atoms with E-state index in [0.717, 1.165) is 12.1 Å². The van der Waals surface area contributed by atoms with Gasteiger partial charge in [-0.2, -0.15) is 0 Å². The molecule has 0 atom stereocenters. The number of anilines is 1. The van der Waals surface area contributed by atoms with Crippen LogP contribution in [0.3, 0.4) is 0 Å². The second-order valence-corrected chi connectivity index (χ2v) is 3.67. The van der Waals surface area contributed by atoms with E-state index >= 15 is 0 Å². The summed E-state index contributed by atoms with van der Waals surface area (Å²) in [6.45, 7) is 0. The van der Waals surface area contributed by atoms with Crippen molar-refractivity contribution in [3.63, 3.8) is 0 Å². The lowest BCUT2D eigenvalue weighted by atomic mass is 10.2. The number of halogens is 2. The molecule has 19 heavy (non-hydrogen) atoms. The number of amides is 1. The number of pyridine rings is 1. The molecule has 1 aromatic carbocycles. The highest BCUT2D eigenvalue weighted by atomic mass is 19.1. The number of rotatable bonds is 3. The summed E-state index contributed by atoms with van der Waals surface area (Å²) in [6.07, 6.45) is 1.50. The lowest BCUT2D eigenvalue weighted by Crippen LogP contribution is -2.13. The molecule has 0 aliphatic carbocycles. The molecule has 0 unspecified atom stereocenters. The summed E-state index contributed by atoms with van der Waals surface area (Å²) in [5.41, 5.74) is 0.197. The van der Waals surface area contributed by atoms with Gasteiger partial charge in [-0.05, 0) is 24.3 Å². The van der Waals surface area contributed by atoms with Crippen LogP contribution in [-0.4, -0.2) is 18.0 Å². The van der Waals surface area contributed by atoms with Crippen molar-refractivity contribution in [1.82, 2.24) is 4.98 Å². The van der Waals surface area contributed by atoms with Gasteiger partial charge in [0.2, 0.25) is 5.88 Å². The third-order valence-corrected chi connectivity index (χ3v) is 2.34. The summed E-state index contributed by atoms with van der Waals surface area (Å²) in [6, 6.07) is 5.76. The van der Waals surface area contributed by atoms with Crippen LogP contribution < -0.4 is 10.1 Å². The molecule has 0 radical (unpaired) electrons. The van der Waals surface area contributed by atoms with E-state index in [9.17, 15) is 13.6 Å². The molecule has 1 heterocycles. The molecule has 0 aliphatic heterocycles. The summed E-state index contributed by atoms with van der Waals surface area (Å²) in [5, 5.41) is 2.47. The van der Waals surface area contributed by atoms with Crippen LogP contribution in [-0.2, 0) is 0 Å². The van der Waals surface area contributed by atoms with Crippen molar-refractivity contribution in [1.29, 1.82) is 0 Å². The van der Waals surface area contributed by atoms with Crippen molar-refractivity contribution >= 4 is 11.6 Å². The first-order chi connectivity index (χ1) is 9.10. The van der Waals surface area contributed by atoms with Crippen LogP contribution in [0.1, 0.15) is 10.4 Å². The molecule has 1 aromatic heterocycles. The van der Waals surface area contributed by atoms with Gasteiger partial charge in [0.05, 0.1) is 7.11 Å². The summed E-state index contributed by atoms with van der Waals surface area (Å²) in [7, 11) is 1.40. The topological polar surface area (TPSA) is 51.2 Å². The Balaban J connectivity index is 2.25. The Morgan fingerprint density at radius 3 is 2.58 bits per heavy atom. The first-order valence-electron chi connectivity index (χ1n) is 5.36. The number of benzene rings is 1. The SMILES string of the molecule is COc1ncccc1NC(=O)c1cc(F)cc(F)c1. The average molecular weight is 264 g/mol. The van der Waals surface area contributed by atoms with Gasteiger partial charge in [-0.1, -0.05) is 0 Å². The van der Waals surface area contributed by atoms with E-state index in [1.54, 1.807) is 12.1 Å². The largest absolute Gasteiger partial charge is 0.480 e. The Bertz CT molecular complexity index is 597. The Labute approximate surface area is 108 Å². The Morgan fingerprint density at radius 2 is 1.95 bits per heavy atom. The van der Waals surface area contributed by atoms with Crippen molar-refractivity contribution in [3.05, 3.63) is 53.7 Å². The molecule has 0 aliphatic rings. The fourth-order valence-electron chi connectivity index (χ4n) is 1.53. The number of nitrogens with one attached hydrogen (secondary N) is 1. The third kappa shape index (κ3) is 3.04. The minimum atomic E-state index is -0.816. The van der Waals surface area contributed by atoms with Gasteiger partial charge in [0.25, 0.3) is 5.91 Å². The maximum absolute atomic E-state index is 13.0. The van der Waals surface area contributed by atoms with Crippen molar-refractivity contribution in [2.45, 2.75) is 0 Å². The number of nitrogens with zero attached hydrogens (tertiary/aromatic N) is 1. The number of hydrogen-bond acceptors (Lipinski definition) is 3. The van der Waals surface area contributed by atoms with Gasteiger partial charge >= 0.3 is 0 Å². The lowest BCUT2D eigenvalue weighted by molar-refractivity contribution is 0.102. The van der Waals surface area contributed by atoms with Crippen LogP contribution >= 0.6 is 0 Å². The highest BCUT2D eigenvalue weighted by Crippen LogP contribution is 2.21. The maximum atomic E-state index is 13.0. The molecule has 4 nitrogen and oxygen atoms in total. The van der Waals surface area contributed by atoms with Crippen LogP contribution in [0.15, 0.2) is 36.5 Å². The number of ether oxygens (including phenoxy) is 1. The minimum Gasteiger partial charge on any atom is -0.480 e. The zero-order valence-electron chi connectivity index (χ0n) is 9.98. The number of aromatic nitrogens is 1. The van der Waals surface area contributed by atoms with Crippen molar-refractivity contribution < 1.29 is 18.3 Å². The lowest BCUT2D eigenvalue weighted by Gasteiger charge is -2.08. The number of methoxy groups -OCH3 is 1. The molecule has 1 amide bonds. The van der Waals surface area contributed by atoms with E-state index in [1.165, 1.54) is 13.3 Å². The smallest absolute Gasteiger partial charge is 0.256 e. The minimum absolute atomic E-state index is 0.122. The van der Waals surface area contributed by atoms with Crippen LogP contribution in [0.5, 0.6) is 5.88 Å². The van der Waals surface area contributed by atoms with E-state index in [-0.39, 0.29) is 11.4 Å². The van der Waals surface area contributed by atoms with E-state index < -0.39 is 17.5 Å². The van der Waals surface area contributed by atoms with Gasteiger partial charge in [0, 0.05) is 17.8 Å². The van der Waals surface area contributed by atoms with Crippen molar-refractivity contribution in [3.8, 4) is 5.88 Å². The van der Waals surface area contributed by atoms with E-state index in [2.05, 4.69) is 10.3 Å². The summed E-state index contributed by atoms with van der Waals surface area (Å²) < 4.78 is 31.0. The summed E-state index contributed by atoms with van der Waals surface area (Å²) >= 11 is 0. The molecule has 0 saturated carbocycles. The number of carbonyl (C=O) groups excluding carboxylic acids is 1. The molecular formula is C13H10F2N2O2. The standard InChI is InChI=1S/C13H10F2N2O2/c1-19-13-11(3-2-4-16-13)17-12(18)8-5-9(14)7-10(15)6-8/h2-7H,1H3,(H,17,18). The second kappa shape index (κ2) is 5.43. The van der Waals surface area contributed by atoms with E-state index in [4.69, 9.17) is 4.74 Å². The Hall–Kier alpha value is -2.50. The Morgan fingerprint density at radius 1 is 1.26 bits per heavy atom. The molecule has 0 bridgehead atoms. The third-order valence-electron chi connectivity index (χ3n) is 2.34. The molecule has 0 fully saturated rings. The predicted octanol–water partition coefficient (Wildman–Crippen LogP) is 2.62. The van der Waals surface area contributed by atoms with E-state index in [0.29, 0.717) is 11.8 Å². The molecule has 1 N–H and O–H groups in total. The first-order valence-corrected chi connectivity index (χ1v) is 5.36. The monoisotopic (exact) mass is 264 g/mol. The van der Waals surface area contributed by atoms with Crippen LogP contribution in [0.25, 0.3) is 0 Å². The van der Waals surface area contributed by atoms with Gasteiger partial charge in [-0.3, -0.25) is 4.79 Å². The van der Waals surface area contributed by atoms with Crippen LogP contribution in [0.4, 0.5) is 14.5 Å². The van der Waals surface area contributed by atoms with Gasteiger partial charge in [0.15, 0.2) is 0 Å². The highest BCUT2D eigenvalue weighted by Gasteiger charge is 2.12. The molecule has 2 rings (SSSR count). The highest BCUT2D eigenvalue weighted by molar-refractivity contribution is 6.04. The summed E-state index contributed by atoms with van der Waals surface area (Å²) in [5.74, 6) is -2.07. The fraction of sp³-hybridized carbons (Fsp3) is 0.0769. The quantitative estimate of drug-likeness (QED) is 0.927. The molecular weight excluding hydrogens is 254 g/mol. The first kappa shape index (κ1) is 12.9. The van der Waals surface area contributed by atoms with Crippen molar-refractivity contribution in [2.24, 2.45) is 0 Å².